The van der Waals surface area contributed by atoms with Gasteiger partial charge in [-0.15, -0.1) is 0 Å². The third kappa shape index (κ3) is 2.14. The number of benzene rings is 2. The van der Waals surface area contributed by atoms with Crippen molar-refractivity contribution in [2.45, 2.75) is 0 Å². The van der Waals surface area contributed by atoms with Gasteiger partial charge in [-0.1, -0.05) is 41.5 Å². The Labute approximate surface area is 102 Å². The highest BCUT2D eigenvalue weighted by Gasteiger charge is 2.15. The van der Waals surface area contributed by atoms with E-state index in [0.717, 1.165) is 0 Å². The number of nitro benzene ring substituents is 1. The Kier molecular flexibility index (Phi) is 3.22. The summed E-state index contributed by atoms with van der Waals surface area (Å²) in [6, 6.07) is 13.1. The third-order valence-electron chi connectivity index (χ3n) is 2.45. The third-order valence-corrected chi connectivity index (χ3v) is 2.45. The molecule has 0 bridgehead atoms. The molecule has 0 spiro atoms. The summed E-state index contributed by atoms with van der Waals surface area (Å²) in [6.07, 6.45) is 0. The van der Waals surface area contributed by atoms with Crippen LogP contribution in [0.5, 0.6) is 0 Å². The van der Waals surface area contributed by atoms with Gasteiger partial charge in [0.1, 0.15) is 0 Å². The summed E-state index contributed by atoms with van der Waals surface area (Å²) in [7, 11) is 0. The SMILES string of the molecule is [N-]=[N+]=Nc1ccccc1-c1ccccc1[N+](=O)[O-]. The number of hydrogen-bond donors (Lipinski definition) is 0. The first-order valence-electron chi connectivity index (χ1n) is 5.12. The van der Waals surface area contributed by atoms with Gasteiger partial charge in [0.15, 0.2) is 0 Å². The molecule has 0 radical (unpaired) electrons. The molecule has 0 aliphatic rings. The molecule has 0 aromatic heterocycles. The lowest BCUT2D eigenvalue weighted by atomic mass is 10.0. The molecule has 0 aliphatic heterocycles. The monoisotopic (exact) mass is 240 g/mol. The second-order valence-corrected chi connectivity index (χ2v) is 3.48. The van der Waals surface area contributed by atoms with Crippen LogP contribution in [0.25, 0.3) is 21.6 Å². The van der Waals surface area contributed by atoms with E-state index in [1.807, 2.05) is 0 Å². The van der Waals surface area contributed by atoms with Crippen molar-refractivity contribution in [1.29, 1.82) is 0 Å². The summed E-state index contributed by atoms with van der Waals surface area (Å²) < 4.78 is 0. The van der Waals surface area contributed by atoms with Crippen LogP contribution in [-0.4, -0.2) is 4.92 Å². The molecule has 0 saturated carbocycles. The second kappa shape index (κ2) is 4.99. The highest BCUT2D eigenvalue weighted by atomic mass is 16.6. The maximum absolute atomic E-state index is 11.0. The fraction of sp³-hybridized carbons (Fsp3) is 0. The molecule has 0 heterocycles. The maximum atomic E-state index is 11.0. The molecule has 2 aromatic carbocycles. The van der Waals surface area contributed by atoms with E-state index in [0.29, 0.717) is 16.8 Å². The molecule has 0 saturated heterocycles. The van der Waals surface area contributed by atoms with Gasteiger partial charge in [0.2, 0.25) is 0 Å². The van der Waals surface area contributed by atoms with Crippen molar-refractivity contribution in [2.24, 2.45) is 5.11 Å². The minimum Gasteiger partial charge on any atom is -0.258 e. The number of para-hydroxylation sites is 1. The van der Waals surface area contributed by atoms with Crippen molar-refractivity contribution < 1.29 is 4.92 Å². The van der Waals surface area contributed by atoms with Crippen LogP contribution < -0.4 is 0 Å². The van der Waals surface area contributed by atoms with Gasteiger partial charge in [0.05, 0.1) is 10.5 Å². The van der Waals surface area contributed by atoms with Crippen molar-refractivity contribution >= 4 is 11.4 Å². The molecule has 2 rings (SSSR count). The molecule has 6 nitrogen and oxygen atoms in total. The Morgan fingerprint density at radius 2 is 1.67 bits per heavy atom. The smallest absolute Gasteiger partial charge is 0.258 e. The zero-order valence-electron chi connectivity index (χ0n) is 9.22. The predicted octanol–water partition coefficient (Wildman–Crippen LogP) is 4.20. The van der Waals surface area contributed by atoms with E-state index in [1.54, 1.807) is 42.5 Å². The quantitative estimate of drug-likeness (QED) is 0.264. The standard InChI is InChI=1S/C12H8N4O2/c13-15-14-11-7-3-1-5-9(11)10-6-2-4-8-12(10)16(17)18/h1-8H. The summed E-state index contributed by atoms with van der Waals surface area (Å²) in [5.41, 5.74) is 9.83. The van der Waals surface area contributed by atoms with Crippen LogP contribution >= 0.6 is 0 Å². The van der Waals surface area contributed by atoms with Crippen molar-refractivity contribution in [2.75, 3.05) is 0 Å². The fourth-order valence-electron chi connectivity index (χ4n) is 1.70. The Hall–Kier alpha value is -2.85. The van der Waals surface area contributed by atoms with Crippen molar-refractivity contribution in [3.63, 3.8) is 0 Å². The number of hydrogen-bond acceptors (Lipinski definition) is 3. The van der Waals surface area contributed by atoms with Crippen LogP contribution in [0.15, 0.2) is 53.6 Å². The van der Waals surface area contributed by atoms with E-state index >= 15 is 0 Å². The number of rotatable bonds is 3. The van der Waals surface area contributed by atoms with E-state index in [9.17, 15) is 10.1 Å². The van der Waals surface area contributed by atoms with Crippen LogP contribution in [0.4, 0.5) is 11.4 Å². The van der Waals surface area contributed by atoms with E-state index < -0.39 is 4.92 Å². The van der Waals surface area contributed by atoms with Gasteiger partial charge >= 0.3 is 0 Å². The molecule has 0 atom stereocenters. The molecule has 0 unspecified atom stereocenters. The molecule has 0 fully saturated rings. The lowest BCUT2D eigenvalue weighted by Gasteiger charge is -2.05. The minimum absolute atomic E-state index is 0.0157. The van der Waals surface area contributed by atoms with E-state index in [1.165, 1.54) is 6.07 Å². The van der Waals surface area contributed by atoms with Crippen molar-refractivity contribution in [1.82, 2.24) is 0 Å². The summed E-state index contributed by atoms with van der Waals surface area (Å²) in [6.45, 7) is 0. The molecule has 0 amide bonds. The lowest BCUT2D eigenvalue weighted by molar-refractivity contribution is -0.384. The van der Waals surface area contributed by atoms with Crippen LogP contribution in [0.2, 0.25) is 0 Å². The fourth-order valence-corrected chi connectivity index (χ4v) is 1.70. The zero-order chi connectivity index (χ0) is 13.0. The molecule has 6 heteroatoms. The van der Waals surface area contributed by atoms with E-state index in [-0.39, 0.29) is 5.69 Å². The Bertz CT molecular complexity index is 605. The van der Waals surface area contributed by atoms with Gasteiger partial charge in [0.25, 0.3) is 5.69 Å². The number of azide groups is 1. The largest absolute Gasteiger partial charge is 0.277 e. The van der Waals surface area contributed by atoms with Gasteiger partial charge in [-0.05, 0) is 17.2 Å². The highest BCUT2D eigenvalue weighted by molar-refractivity contribution is 5.81. The van der Waals surface area contributed by atoms with Gasteiger partial charge in [-0.2, -0.15) is 0 Å². The first kappa shape index (κ1) is 11.6. The van der Waals surface area contributed by atoms with Gasteiger partial charge in [-0.3, -0.25) is 10.1 Å². The first-order chi connectivity index (χ1) is 8.74. The minimum atomic E-state index is -0.456. The summed E-state index contributed by atoms with van der Waals surface area (Å²) in [5, 5.41) is 14.5. The van der Waals surface area contributed by atoms with Crippen molar-refractivity contribution in [3.8, 4) is 11.1 Å². The first-order valence-corrected chi connectivity index (χ1v) is 5.12. The highest BCUT2D eigenvalue weighted by Crippen LogP contribution is 2.35. The average Bonchev–Trinajstić information content (AvgIpc) is 2.40. The topological polar surface area (TPSA) is 91.9 Å². The molecular weight excluding hydrogens is 232 g/mol. The molecule has 2 aromatic rings. The second-order valence-electron chi connectivity index (χ2n) is 3.48. The van der Waals surface area contributed by atoms with Crippen LogP contribution in [0, 0.1) is 10.1 Å². The number of nitrogens with zero attached hydrogens (tertiary/aromatic N) is 4. The molecule has 88 valence electrons. The normalized spacial score (nSPS) is 9.56. The molecule has 0 aliphatic carbocycles. The van der Waals surface area contributed by atoms with Gasteiger partial charge < -0.3 is 0 Å². The zero-order valence-corrected chi connectivity index (χ0v) is 9.22. The van der Waals surface area contributed by atoms with E-state index in [4.69, 9.17) is 5.53 Å². The van der Waals surface area contributed by atoms with Crippen LogP contribution in [0.3, 0.4) is 0 Å². The summed E-state index contributed by atoms with van der Waals surface area (Å²) >= 11 is 0. The van der Waals surface area contributed by atoms with Gasteiger partial charge in [0, 0.05) is 16.7 Å². The van der Waals surface area contributed by atoms with Crippen molar-refractivity contribution in [3.05, 3.63) is 69.1 Å². The Balaban J connectivity index is 2.69. The van der Waals surface area contributed by atoms with Crippen LogP contribution in [-0.2, 0) is 0 Å². The van der Waals surface area contributed by atoms with Crippen LogP contribution in [0.1, 0.15) is 0 Å². The molecular formula is C12H8N4O2. The maximum Gasteiger partial charge on any atom is 0.277 e. The molecule has 0 N–H and O–H groups in total. The predicted molar refractivity (Wildman–Crippen MR) is 67.3 cm³/mol. The van der Waals surface area contributed by atoms with E-state index in [2.05, 4.69) is 10.0 Å². The number of nitro groups is 1. The summed E-state index contributed by atoms with van der Waals surface area (Å²) in [5.74, 6) is 0. The average molecular weight is 240 g/mol. The Morgan fingerprint density at radius 3 is 2.33 bits per heavy atom. The Morgan fingerprint density at radius 1 is 1.06 bits per heavy atom. The van der Waals surface area contributed by atoms with Gasteiger partial charge in [-0.25, -0.2) is 0 Å². The molecule has 18 heavy (non-hydrogen) atoms. The lowest BCUT2D eigenvalue weighted by Crippen LogP contribution is -1.91. The summed E-state index contributed by atoms with van der Waals surface area (Å²) in [4.78, 5) is 13.2.